The van der Waals surface area contributed by atoms with Crippen molar-refractivity contribution < 1.29 is 9.53 Å². The lowest BCUT2D eigenvalue weighted by Gasteiger charge is -2.40. The number of hydrogen-bond acceptors (Lipinski definition) is 2. The number of anilines is 1. The maximum atomic E-state index is 13.4. The first-order chi connectivity index (χ1) is 13.1. The lowest BCUT2D eigenvalue weighted by molar-refractivity contribution is 0.0559. The molecule has 0 bridgehead atoms. The number of nitrogens with zero attached hydrogens (tertiary/aromatic N) is 1. The molecule has 5 heteroatoms. The molecule has 0 aliphatic carbocycles. The summed E-state index contributed by atoms with van der Waals surface area (Å²) in [5, 5.41) is 0.690. The van der Waals surface area contributed by atoms with Gasteiger partial charge in [-0.3, -0.25) is 4.90 Å². The molecular weight excluding hydrogens is 438 g/mol. The smallest absolute Gasteiger partial charge is 0.415 e. The van der Waals surface area contributed by atoms with Gasteiger partial charge < -0.3 is 4.74 Å². The minimum Gasteiger partial charge on any atom is -0.443 e. The molecule has 150 valence electrons. The largest absolute Gasteiger partial charge is 0.443 e. The molecule has 0 saturated carbocycles. The number of hydrogen-bond donors (Lipinski definition) is 0. The Morgan fingerprint density at radius 2 is 1.86 bits per heavy atom. The number of amides is 1. The molecule has 1 aliphatic rings. The van der Waals surface area contributed by atoms with Crippen LogP contribution in [0.15, 0.2) is 40.9 Å². The molecule has 0 fully saturated rings. The average Bonchev–Trinajstić information content (AvgIpc) is 2.59. The van der Waals surface area contributed by atoms with Crippen LogP contribution < -0.4 is 4.90 Å². The molecule has 0 N–H and O–H groups in total. The van der Waals surface area contributed by atoms with Crippen molar-refractivity contribution in [1.29, 1.82) is 0 Å². The monoisotopic (exact) mass is 463 g/mol. The number of halogens is 2. The molecule has 0 radical (unpaired) electrons. The molecule has 3 rings (SSSR count). The van der Waals surface area contributed by atoms with Gasteiger partial charge >= 0.3 is 6.09 Å². The number of ether oxygens (including phenoxy) is 1. The van der Waals surface area contributed by atoms with Crippen molar-refractivity contribution >= 4 is 39.3 Å². The zero-order valence-corrected chi connectivity index (χ0v) is 19.4. The number of rotatable bonds is 2. The van der Waals surface area contributed by atoms with E-state index in [1.807, 2.05) is 49.9 Å². The summed E-state index contributed by atoms with van der Waals surface area (Å²) in [5.74, 6) is 0.278. The summed E-state index contributed by atoms with van der Waals surface area (Å²) in [7, 11) is 0. The minimum atomic E-state index is -0.563. The molecule has 0 aromatic heterocycles. The van der Waals surface area contributed by atoms with E-state index in [9.17, 15) is 4.79 Å². The van der Waals surface area contributed by atoms with Crippen LogP contribution in [0.5, 0.6) is 0 Å². The standard InChI is InChI=1S/C23H27BrClNO2/c1-14(2)19-13-17(24)12-16-8-11-20(15-6-9-18(25)10-7-15)26(21(16)19)22(27)28-23(3,4)5/h6-7,9-10,12-14,20H,8,11H2,1-5H3. The third-order valence-corrected chi connectivity index (χ3v) is 5.60. The Labute approximate surface area is 181 Å². The molecule has 1 amide bonds. The third kappa shape index (κ3) is 4.55. The lowest BCUT2D eigenvalue weighted by Crippen LogP contribution is -2.42. The van der Waals surface area contributed by atoms with Gasteiger partial charge in [-0.1, -0.05) is 53.5 Å². The van der Waals surface area contributed by atoms with E-state index in [1.165, 1.54) is 5.56 Å². The van der Waals surface area contributed by atoms with Crippen molar-refractivity contribution in [1.82, 2.24) is 0 Å². The number of carbonyl (C=O) groups excluding carboxylic acids is 1. The molecule has 1 atom stereocenters. The molecule has 0 spiro atoms. The number of fused-ring (bicyclic) bond motifs is 1. The molecule has 2 aromatic rings. The second kappa shape index (κ2) is 8.08. The minimum absolute atomic E-state index is 0.0849. The third-order valence-electron chi connectivity index (χ3n) is 4.89. The van der Waals surface area contributed by atoms with Crippen molar-refractivity contribution in [3.05, 3.63) is 62.6 Å². The summed E-state index contributed by atoms with van der Waals surface area (Å²) in [5.41, 5.74) is 3.81. The summed E-state index contributed by atoms with van der Waals surface area (Å²) in [6, 6.07) is 11.9. The maximum absolute atomic E-state index is 13.4. The van der Waals surface area contributed by atoms with E-state index < -0.39 is 5.60 Å². The van der Waals surface area contributed by atoms with E-state index in [0.29, 0.717) is 5.02 Å². The van der Waals surface area contributed by atoms with Crippen molar-refractivity contribution in [2.45, 2.75) is 65.0 Å². The number of aryl methyl sites for hydroxylation is 1. The van der Waals surface area contributed by atoms with E-state index >= 15 is 0 Å². The highest BCUT2D eigenvalue weighted by molar-refractivity contribution is 9.10. The molecule has 0 saturated heterocycles. The summed E-state index contributed by atoms with van der Waals surface area (Å²) in [4.78, 5) is 15.2. The summed E-state index contributed by atoms with van der Waals surface area (Å²) < 4.78 is 6.87. The van der Waals surface area contributed by atoms with Gasteiger partial charge in [0.15, 0.2) is 0 Å². The van der Waals surface area contributed by atoms with Crippen molar-refractivity contribution in [3.63, 3.8) is 0 Å². The lowest BCUT2D eigenvalue weighted by atomic mass is 9.87. The van der Waals surface area contributed by atoms with Crippen LogP contribution in [0.2, 0.25) is 5.02 Å². The Morgan fingerprint density at radius 1 is 1.21 bits per heavy atom. The molecule has 1 unspecified atom stereocenters. The van der Waals surface area contributed by atoms with Crippen molar-refractivity contribution in [2.24, 2.45) is 0 Å². The SMILES string of the molecule is CC(C)c1cc(Br)cc2c1N(C(=O)OC(C)(C)C)C(c1ccc(Cl)cc1)CC2. The molecule has 28 heavy (non-hydrogen) atoms. The Morgan fingerprint density at radius 3 is 2.43 bits per heavy atom. The summed E-state index contributed by atoms with van der Waals surface area (Å²) in [6.07, 6.45) is 1.43. The predicted octanol–water partition coefficient (Wildman–Crippen LogP) is 7.65. The average molecular weight is 465 g/mol. The van der Waals surface area contributed by atoms with Crippen LogP contribution in [-0.4, -0.2) is 11.7 Å². The van der Waals surface area contributed by atoms with Crippen LogP contribution in [0.1, 0.15) is 69.7 Å². The van der Waals surface area contributed by atoms with Gasteiger partial charge in [0, 0.05) is 9.50 Å². The molecule has 1 heterocycles. The van der Waals surface area contributed by atoms with E-state index in [1.54, 1.807) is 0 Å². The Balaban J connectivity index is 2.16. The normalized spacial score (nSPS) is 16.9. The van der Waals surface area contributed by atoms with Gasteiger partial charge in [0.05, 0.1) is 11.7 Å². The van der Waals surface area contributed by atoms with Crippen LogP contribution in [0, 0.1) is 0 Å². The van der Waals surface area contributed by atoms with Crippen LogP contribution in [0.25, 0.3) is 0 Å². The fraction of sp³-hybridized carbons (Fsp3) is 0.435. The number of carbonyl (C=O) groups is 1. The van der Waals surface area contributed by atoms with E-state index in [0.717, 1.165) is 34.1 Å². The molecule has 3 nitrogen and oxygen atoms in total. The number of benzene rings is 2. The van der Waals surface area contributed by atoms with Crippen molar-refractivity contribution in [2.75, 3.05) is 4.90 Å². The Hall–Kier alpha value is -1.52. The first-order valence-corrected chi connectivity index (χ1v) is 10.8. The fourth-order valence-electron chi connectivity index (χ4n) is 3.71. The quantitative estimate of drug-likeness (QED) is 0.456. The van der Waals surface area contributed by atoms with Gasteiger partial charge in [-0.2, -0.15) is 0 Å². The van der Waals surface area contributed by atoms with E-state index in [4.69, 9.17) is 16.3 Å². The second-order valence-electron chi connectivity index (χ2n) is 8.61. The van der Waals surface area contributed by atoms with Crippen LogP contribution in [-0.2, 0) is 11.2 Å². The Kier molecular flexibility index (Phi) is 6.11. The van der Waals surface area contributed by atoms with Gasteiger partial charge in [0.2, 0.25) is 0 Å². The van der Waals surface area contributed by atoms with Gasteiger partial charge in [-0.05, 0) is 80.5 Å². The highest BCUT2D eigenvalue weighted by Gasteiger charge is 2.37. The zero-order chi connectivity index (χ0) is 20.6. The first-order valence-electron chi connectivity index (χ1n) is 9.67. The van der Waals surface area contributed by atoms with Crippen LogP contribution >= 0.6 is 27.5 Å². The van der Waals surface area contributed by atoms with Crippen LogP contribution in [0.3, 0.4) is 0 Å². The van der Waals surface area contributed by atoms with Gasteiger partial charge in [-0.25, -0.2) is 4.79 Å². The van der Waals surface area contributed by atoms with Gasteiger partial charge in [0.1, 0.15) is 5.60 Å². The molecular formula is C23H27BrClNO2. The maximum Gasteiger partial charge on any atom is 0.415 e. The molecule has 1 aliphatic heterocycles. The Bertz CT molecular complexity index is 871. The predicted molar refractivity (Wildman–Crippen MR) is 119 cm³/mol. The summed E-state index contributed by atoms with van der Waals surface area (Å²) in [6.45, 7) is 10.0. The van der Waals surface area contributed by atoms with E-state index in [2.05, 4.69) is 41.9 Å². The van der Waals surface area contributed by atoms with Crippen molar-refractivity contribution in [3.8, 4) is 0 Å². The van der Waals surface area contributed by atoms with E-state index in [-0.39, 0.29) is 18.1 Å². The fourth-order valence-corrected chi connectivity index (χ4v) is 4.36. The topological polar surface area (TPSA) is 29.5 Å². The van der Waals surface area contributed by atoms with Crippen LogP contribution in [0.4, 0.5) is 10.5 Å². The first kappa shape index (κ1) is 21.2. The highest BCUT2D eigenvalue weighted by atomic mass is 79.9. The van der Waals surface area contributed by atoms with Gasteiger partial charge in [0.25, 0.3) is 0 Å². The second-order valence-corrected chi connectivity index (χ2v) is 9.97. The highest BCUT2D eigenvalue weighted by Crippen LogP contribution is 2.45. The zero-order valence-electron chi connectivity index (χ0n) is 17.1. The molecule has 2 aromatic carbocycles. The summed E-state index contributed by atoms with van der Waals surface area (Å²) >= 11 is 9.73. The van der Waals surface area contributed by atoms with Gasteiger partial charge in [-0.15, -0.1) is 0 Å².